The van der Waals surface area contributed by atoms with Crippen LogP contribution in [-0.4, -0.2) is 47.8 Å². The highest BCUT2D eigenvalue weighted by Gasteiger charge is 2.35. The van der Waals surface area contributed by atoms with Gasteiger partial charge in [-0.05, 0) is 57.4 Å². The van der Waals surface area contributed by atoms with Crippen molar-refractivity contribution in [3.05, 3.63) is 88.7 Å². The lowest BCUT2D eigenvalue weighted by molar-refractivity contribution is 0.107. The lowest BCUT2D eigenvalue weighted by Crippen LogP contribution is -2.26. The van der Waals surface area contributed by atoms with Gasteiger partial charge in [0.15, 0.2) is 0 Å². The number of rotatable bonds is 6. The van der Waals surface area contributed by atoms with Crippen LogP contribution in [0.1, 0.15) is 29.8 Å². The van der Waals surface area contributed by atoms with Gasteiger partial charge in [0.05, 0.1) is 18.4 Å². The molecule has 0 N–H and O–H groups in total. The van der Waals surface area contributed by atoms with Crippen molar-refractivity contribution < 1.29 is 9.47 Å². The van der Waals surface area contributed by atoms with Crippen molar-refractivity contribution in [2.24, 2.45) is 10.1 Å². The number of nitrogens with zero attached hydrogens (tertiary/aromatic N) is 5. The van der Waals surface area contributed by atoms with Crippen LogP contribution in [0.4, 0.5) is 5.69 Å². The first-order chi connectivity index (χ1) is 16.0. The molecule has 0 saturated heterocycles. The van der Waals surface area contributed by atoms with Crippen LogP contribution in [0.15, 0.2) is 77.1 Å². The molecule has 1 aliphatic heterocycles. The summed E-state index contributed by atoms with van der Waals surface area (Å²) < 4.78 is 12.2. The summed E-state index contributed by atoms with van der Waals surface area (Å²) in [7, 11) is 5.72. The molecule has 1 atom stereocenters. The van der Waals surface area contributed by atoms with Crippen LogP contribution in [-0.2, 0) is 11.3 Å². The Kier molecular flexibility index (Phi) is 6.91. The molecule has 0 spiro atoms. The molecule has 2 aromatic carbocycles. The summed E-state index contributed by atoms with van der Waals surface area (Å²) in [6.45, 7) is 2.63. The number of hydrazone groups is 1. The van der Waals surface area contributed by atoms with E-state index >= 15 is 0 Å². The van der Waals surface area contributed by atoms with Crippen molar-refractivity contribution in [1.82, 2.24) is 14.9 Å². The second-order valence-electron chi connectivity index (χ2n) is 7.87. The predicted octanol–water partition coefficient (Wildman–Crippen LogP) is 5.25. The SMILES string of the molecule is COc1c(CN(C)C)cccc1C1OC(c2ccncc2)=NN1C(C)=Nc1cccc(Cl)c1. The molecule has 2 heterocycles. The molecule has 0 radical (unpaired) electrons. The number of ether oxygens (including phenoxy) is 2. The topological polar surface area (TPSA) is 62.6 Å². The number of para-hydroxylation sites is 1. The fourth-order valence-corrected chi connectivity index (χ4v) is 3.87. The molecular weight excluding hydrogens is 438 g/mol. The van der Waals surface area contributed by atoms with E-state index in [0.717, 1.165) is 34.7 Å². The number of pyridine rings is 1. The molecule has 1 unspecified atom stereocenters. The highest BCUT2D eigenvalue weighted by molar-refractivity contribution is 6.30. The van der Waals surface area contributed by atoms with Gasteiger partial charge in [-0.25, -0.2) is 10.0 Å². The highest BCUT2D eigenvalue weighted by atomic mass is 35.5. The number of methoxy groups -OCH3 is 1. The van der Waals surface area contributed by atoms with Gasteiger partial charge in [0.25, 0.3) is 0 Å². The number of hydrogen-bond donors (Lipinski definition) is 0. The Balaban J connectivity index is 1.78. The molecular formula is C25H26ClN5O2. The molecule has 1 aliphatic rings. The third-order valence-electron chi connectivity index (χ3n) is 5.09. The van der Waals surface area contributed by atoms with Crippen LogP contribution < -0.4 is 4.74 Å². The number of hydrogen-bond acceptors (Lipinski definition) is 6. The second kappa shape index (κ2) is 10.0. The largest absolute Gasteiger partial charge is 0.496 e. The summed E-state index contributed by atoms with van der Waals surface area (Å²) in [5.74, 6) is 1.91. The van der Waals surface area contributed by atoms with Gasteiger partial charge < -0.3 is 14.4 Å². The smallest absolute Gasteiger partial charge is 0.241 e. The minimum atomic E-state index is -0.548. The average molecular weight is 464 g/mol. The normalized spacial score (nSPS) is 16.1. The summed E-state index contributed by atoms with van der Waals surface area (Å²) in [5.41, 5.74) is 3.49. The highest BCUT2D eigenvalue weighted by Crippen LogP contribution is 2.38. The molecule has 3 aromatic rings. The Morgan fingerprint density at radius 1 is 1.15 bits per heavy atom. The molecule has 0 fully saturated rings. The predicted molar refractivity (Wildman–Crippen MR) is 131 cm³/mol. The van der Waals surface area contributed by atoms with E-state index in [-0.39, 0.29) is 0 Å². The van der Waals surface area contributed by atoms with Crippen molar-refractivity contribution in [2.75, 3.05) is 21.2 Å². The molecule has 0 bridgehead atoms. The van der Waals surface area contributed by atoms with E-state index in [1.807, 2.05) is 69.6 Å². The minimum absolute atomic E-state index is 0.489. The van der Waals surface area contributed by atoms with Crippen molar-refractivity contribution in [2.45, 2.75) is 19.7 Å². The van der Waals surface area contributed by atoms with Crippen LogP contribution in [0.3, 0.4) is 0 Å². The van der Waals surface area contributed by atoms with Gasteiger partial charge >= 0.3 is 0 Å². The first-order valence-electron chi connectivity index (χ1n) is 10.5. The van der Waals surface area contributed by atoms with Gasteiger partial charge in [0, 0.05) is 35.1 Å². The van der Waals surface area contributed by atoms with Gasteiger partial charge in [-0.1, -0.05) is 29.8 Å². The van der Waals surface area contributed by atoms with Gasteiger partial charge in [0.1, 0.15) is 11.6 Å². The quantitative estimate of drug-likeness (QED) is 0.369. The molecule has 8 heteroatoms. The van der Waals surface area contributed by atoms with Crippen LogP contribution in [0, 0.1) is 0 Å². The molecule has 4 rings (SSSR count). The van der Waals surface area contributed by atoms with Crippen molar-refractivity contribution in [3.63, 3.8) is 0 Å². The van der Waals surface area contributed by atoms with Crippen LogP contribution in [0.5, 0.6) is 5.75 Å². The second-order valence-corrected chi connectivity index (χ2v) is 8.31. The fourth-order valence-electron chi connectivity index (χ4n) is 3.68. The van der Waals surface area contributed by atoms with Gasteiger partial charge in [-0.2, -0.15) is 0 Å². The summed E-state index contributed by atoms with van der Waals surface area (Å²) in [6.07, 6.45) is 2.88. The van der Waals surface area contributed by atoms with E-state index in [4.69, 9.17) is 31.2 Å². The monoisotopic (exact) mass is 463 g/mol. The number of halogens is 1. The number of benzene rings is 2. The molecule has 170 valence electrons. The minimum Gasteiger partial charge on any atom is -0.496 e. The van der Waals surface area contributed by atoms with Crippen LogP contribution in [0.25, 0.3) is 0 Å². The Labute approximate surface area is 198 Å². The Hall–Kier alpha value is -3.42. The Bertz CT molecular complexity index is 1180. The maximum absolute atomic E-state index is 6.38. The summed E-state index contributed by atoms with van der Waals surface area (Å²) in [6, 6.07) is 17.2. The van der Waals surface area contributed by atoms with E-state index in [2.05, 4.69) is 16.0 Å². The fraction of sp³-hybridized carbons (Fsp3) is 0.240. The number of amidine groups is 1. The van der Waals surface area contributed by atoms with Crippen LogP contribution in [0.2, 0.25) is 5.02 Å². The molecule has 7 nitrogen and oxygen atoms in total. The van der Waals surface area contributed by atoms with Crippen LogP contribution >= 0.6 is 11.6 Å². The third kappa shape index (κ3) is 5.16. The first kappa shape index (κ1) is 22.8. The summed E-state index contributed by atoms with van der Waals surface area (Å²) in [5, 5.41) is 7.17. The summed E-state index contributed by atoms with van der Waals surface area (Å²) in [4.78, 5) is 10.9. The summed E-state index contributed by atoms with van der Waals surface area (Å²) >= 11 is 6.15. The van der Waals surface area contributed by atoms with E-state index in [1.54, 1.807) is 24.5 Å². The van der Waals surface area contributed by atoms with Gasteiger partial charge in [-0.3, -0.25) is 4.98 Å². The zero-order valence-corrected chi connectivity index (χ0v) is 19.8. The Morgan fingerprint density at radius 2 is 1.91 bits per heavy atom. The maximum Gasteiger partial charge on any atom is 0.241 e. The van der Waals surface area contributed by atoms with Crippen molar-refractivity contribution in [1.29, 1.82) is 0 Å². The molecule has 33 heavy (non-hydrogen) atoms. The number of aromatic nitrogens is 1. The lowest BCUT2D eigenvalue weighted by atomic mass is 10.1. The molecule has 0 aliphatic carbocycles. The van der Waals surface area contributed by atoms with E-state index in [9.17, 15) is 0 Å². The number of aliphatic imine (C=N–C) groups is 1. The standard InChI is InChI=1S/C25H26ClN5O2/c1-17(28-21-9-6-8-20(26)15-21)31-25(33-24(29-31)18-11-13-27-14-12-18)22-10-5-7-19(16-30(2)3)23(22)32-4/h5-15,25H,16H2,1-4H3. The zero-order valence-electron chi connectivity index (χ0n) is 19.1. The molecule has 1 aromatic heterocycles. The lowest BCUT2D eigenvalue weighted by Gasteiger charge is -2.25. The van der Waals surface area contributed by atoms with E-state index in [1.165, 1.54) is 0 Å². The van der Waals surface area contributed by atoms with E-state index in [0.29, 0.717) is 16.8 Å². The third-order valence-corrected chi connectivity index (χ3v) is 5.32. The van der Waals surface area contributed by atoms with Gasteiger partial charge in [-0.15, -0.1) is 5.10 Å². The first-order valence-corrected chi connectivity index (χ1v) is 10.9. The average Bonchev–Trinajstić information content (AvgIpc) is 3.25. The molecule has 0 saturated carbocycles. The van der Waals surface area contributed by atoms with Gasteiger partial charge in [0.2, 0.25) is 12.1 Å². The maximum atomic E-state index is 6.38. The zero-order chi connectivity index (χ0) is 23.4. The van der Waals surface area contributed by atoms with Crippen molar-refractivity contribution in [3.8, 4) is 5.75 Å². The van der Waals surface area contributed by atoms with Crippen molar-refractivity contribution >= 4 is 29.0 Å². The molecule has 0 amide bonds. The van der Waals surface area contributed by atoms with E-state index < -0.39 is 6.23 Å². The Morgan fingerprint density at radius 3 is 2.61 bits per heavy atom.